The Hall–Kier alpha value is -3.24. The summed E-state index contributed by atoms with van der Waals surface area (Å²) >= 11 is 5.99. The summed E-state index contributed by atoms with van der Waals surface area (Å²) < 4.78 is 2.20. The Balaban J connectivity index is 1.68. The molecule has 1 aromatic carbocycles. The van der Waals surface area contributed by atoms with Gasteiger partial charge >= 0.3 is 6.03 Å². The van der Waals surface area contributed by atoms with Crippen LogP contribution in [-0.4, -0.2) is 52.5 Å². The number of rotatable bonds is 5. The minimum Gasteiger partial charge on any atom is -0.349 e. The van der Waals surface area contributed by atoms with Crippen molar-refractivity contribution in [2.24, 2.45) is 0 Å². The molecule has 0 spiro atoms. The zero-order valence-corrected chi connectivity index (χ0v) is 20.2. The molecule has 33 heavy (non-hydrogen) atoms. The van der Waals surface area contributed by atoms with Gasteiger partial charge in [-0.3, -0.25) is 4.79 Å². The molecule has 0 unspecified atom stereocenters. The molecule has 1 aliphatic rings. The highest BCUT2D eigenvalue weighted by molar-refractivity contribution is 6.30. The van der Waals surface area contributed by atoms with Crippen LogP contribution in [0.15, 0.2) is 35.9 Å². The fourth-order valence-corrected chi connectivity index (χ4v) is 4.29. The Bertz CT molecular complexity index is 1100. The van der Waals surface area contributed by atoms with Gasteiger partial charge in [-0.1, -0.05) is 24.6 Å². The summed E-state index contributed by atoms with van der Waals surface area (Å²) in [6.45, 7) is 8.85. The first-order valence-corrected chi connectivity index (χ1v) is 11.6. The average molecular weight is 468 g/mol. The molecule has 2 aromatic rings. The van der Waals surface area contributed by atoms with E-state index in [0.717, 1.165) is 29.9 Å². The summed E-state index contributed by atoms with van der Waals surface area (Å²) in [5.41, 5.74) is 3.79. The number of carbonyl (C=O) groups excluding carboxylic acids is 2. The summed E-state index contributed by atoms with van der Waals surface area (Å²) in [6, 6.07) is 10.9. The lowest BCUT2D eigenvalue weighted by Gasteiger charge is -2.22. The number of aryl methyl sites for hydroxylation is 1. The van der Waals surface area contributed by atoms with E-state index in [2.05, 4.69) is 22.9 Å². The van der Waals surface area contributed by atoms with Crippen molar-refractivity contribution in [1.29, 1.82) is 5.26 Å². The first-order valence-electron chi connectivity index (χ1n) is 11.2. The maximum atomic E-state index is 13.1. The lowest BCUT2D eigenvalue weighted by molar-refractivity contribution is -0.126. The van der Waals surface area contributed by atoms with E-state index in [9.17, 15) is 14.9 Å². The average Bonchev–Trinajstić information content (AvgIpc) is 2.96. The van der Waals surface area contributed by atoms with Gasteiger partial charge in [-0.25, -0.2) is 4.79 Å². The zero-order valence-electron chi connectivity index (χ0n) is 19.4. The Morgan fingerprint density at radius 2 is 1.88 bits per heavy atom. The van der Waals surface area contributed by atoms with Gasteiger partial charge < -0.3 is 19.7 Å². The predicted molar refractivity (Wildman–Crippen MR) is 131 cm³/mol. The Morgan fingerprint density at radius 3 is 2.58 bits per heavy atom. The molecule has 1 aromatic heterocycles. The zero-order chi connectivity index (χ0) is 24.0. The molecule has 1 fully saturated rings. The highest BCUT2D eigenvalue weighted by Gasteiger charge is 2.24. The van der Waals surface area contributed by atoms with Gasteiger partial charge in [0.2, 0.25) is 0 Å². The number of benzene rings is 1. The highest BCUT2D eigenvalue weighted by Crippen LogP contribution is 2.20. The van der Waals surface area contributed by atoms with Crippen LogP contribution in [0.3, 0.4) is 0 Å². The van der Waals surface area contributed by atoms with Crippen molar-refractivity contribution in [3.05, 3.63) is 57.9 Å². The lowest BCUT2D eigenvalue weighted by atomic mass is 10.1. The molecule has 2 heterocycles. The number of carbonyl (C=O) groups is 2. The molecular weight excluding hydrogens is 438 g/mol. The van der Waals surface area contributed by atoms with E-state index < -0.39 is 0 Å². The fourth-order valence-electron chi connectivity index (χ4n) is 4.10. The van der Waals surface area contributed by atoms with Crippen LogP contribution in [0.5, 0.6) is 0 Å². The van der Waals surface area contributed by atoms with E-state index in [1.807, 2.05) is 19.9 Å². The fraction of sp³-hybridized carbons (Fsp3) is 0.400. The molecule has 8 heteroatoms. The number of halogens is 1. The summed E-state index contributed by atoms with van der Waals surface area (Å²) in [5, 5.41) is 13.1. The molecule has 3 amide bonds. The Labute approximate surface area is 200 Å². The lowest BCUT2D eigenvalue weighted by Crippen LogP contribution is -2.39. The van der Waals surface area contributed by atoms with Gasteiger partial charge in [0, 0.05) is 54.8 Å². The van der Waals surface area contributed by atoms with Crippen molar-refractivity contribution < 1.29 is 9.59 Å². The van der Waals surface area contributed by atoms with E-state index in [-0.39, 0.29) is 17.5 Å². The minimum atomic E-state index is -0.296. The largest absolute Gasteiger partial charge is 0.349 e. The molecule has 7 nitrogen and oxygen atoms in total. The van der Waals surface area contributed by atoms with Gasteiger partial charge in [0.25, 0.3) is 5.91 Å². The molecule has 0 saturated carbocycles. The Kier molecular flexibility index (Phi) is 8.18. The van der Waals surface area contributed by atoms with E-state index in [0.29, 0.717) is 43.3 Å². The van der Waals surface area contributed by atoms with Gasteiger partial charge in [-0.15, -0.1) is 0 Å². The molecule has 0 bridgehead atoms. The second-order valence-corrected chi connectivity index (χ2v) is 8.66. The van der Waals surface area contributed by atoms with Crippen LogP contribution in [0.4, 0.5) is 10.5 Å². The van der Waals surface area contributed by atoms with Crippen molar-refractivity contribution in [3.63, 3.8) is 0 Å². The van der Waals surface area contributed by atoms with Crippen molar-refractivity contribution in [2.45, 2.75) is 40.2 Å². The molecule has 0 aliphatic carbocycles. The van der Waals surface area contributed by atoms with E-state index in [4.69, 9.17) is 11.6 Å². The first-order chi connectivity index (χ1) is 15.8. The van der Waals surface area contributed by atoms with Gasteiger partial charge in [0.15, 0.2) is 0 Å². The van der Waals surface area contributed by atoms with Crippen LogP contribution in [0.1, 0.15) is 36.7 Å². The number of nitrogens with zero attached hydrogens (tertiary/aromatic N) is 4. The summed E-state index contributed by atoms with van der Waals surface area (Å²) in [6.07, 6.45) is 3.34. The van der Waals surface area contributed by atoms with E-state index >= 15 is 0 Å². The number of nitriles is 1. The molecule has 1 N–H and O–H groups in total. The molecule has 1 aliphatic heterocycles. The van der Waals surface area contributed by atoms with E-state index in [1.165, 1.54) is 0 Å². The molecule has 0 atom stereocenters. The number of anilines is 1. The topological polar surface area (TPSA) is 81.4 Å². The van der Waals surface area contributed by atoms with Crippen molar-refractivity contribution in [2.75, 3.05) is 31.5 Å². The van der Waals surface area contributed by atoms with Crippen LogP contribution in [-0.2, 0) is 11.3 Å². The predicted octanol–water partition coefficient (Wildman–Crippen LogP) is 4.84. The third kappa shape index (κ3) is 5.96. The Morgan fingerprint density at radius 1 is 1.15 bits per heavy atom. The first kappa shape index (κ1) is 24.4. The number of hydrogen-bond acceptors (Lipinski definition) is 3. The number of amides is 3. The summed E-state index contributed by atoms with van der Waals surface area (Å²) in [4.78, 5) is 29.1. The third-order valence-electron chi connectivity index (χ3n) is 5.86. The standard InChI is InChI=1S/C25H30ClN5O2/c1-4-9-31-18(2)14-20(19(31)3)15-21(17-27)24(32)29-10-6-11-30(13-12-29)25(33)28-23-8-5-7-22(26)16-23/h5,7-8,14-16H,4,6,9-13H2,1-3H3,(H,28,33)/b21-15-. The van der Waals surface area contributed by atoms with Gasteiger partial charge in [-0.2, -0.15) is 5.26 Å². The van der Waals surface area contributed by atoms with Crippen molar-refractivity contribution >= 4 is 35.3 Å². The maximum Gasteiger partial charge on any atom is 0.321 e. The van der Waals surface area contributed by atoms with Gasteiger partial charge in [0.05, 0.1) is 0 Å². The number of nitrogens with one attached hydrogen (secondary N) is 1. The second-order valence-electron chi connectivity index (χ2n) is 8.22. The smallest absolute Gasteiger partial charge is 0.321 e. The third-order valence-corrected chi connectivity index (χ3v) is 6.09. The number of urea groups is 1. The number of aromatic nitrogens is 1. The van der Waals surface area contributed by atoms with Crippen LogP contribution in [0.2, 0.25) is 5.02 Å². The van der Waals surface area contributed by atoms with Crippen molar-refractivity contribution in [3.8, 4) is 6.07 Å². The highest BCUT2D eigenvalue weighted by atomic mass is 35.5. The van der Waals surface area contributed by atoms with Crippen LogP contribution in [0.25, 0.3) is 6.08 Å². The van der Waals surface area contributed by atoms with Crippen molar-refractivity contribution in [1.82, 2.24) is 14.4 Å². The molecule has 1 saturated heterocycles. The number of hydrogen-bond donors (Lipinski definition) is 1. The normalized spacial score (nSPS) is 14.6. The van der Waals surface area contributed by atoms with Crippen LogP contribution >= 0.6 is 11.6 Å². The molecule has 3 rings (SSSR count). The van der Waals surface area contributed by atoms with E-state index in [1.54, 1.807) is 40.1 Å². The minimum absolute atomic E-state index is 0.114. The van der Waals surface area contributed by atoms with Crippen LogP contribution in [0, 0.1) is 25.2 Å². The quantitative estimate of drug-likeness (QED) is 0.504. The molecule has 0 radical (unpaired) electrons. The van der Waals surface area contributed by atoms with Gasteiger partial charge in [0.1, 0.15) is 11.6 Å². The van der Waals surface area contributed by atoms with Crippen LogP contribution < -0.4 is 5.32 Å². The summed E-state index contributed by atoms with van der Waals surface area (Å²) in [7, 11) is 0. The monoisotopic (exact) mass is 467 g/mol. The SMILES string of the molecule is CCCn1c(C)cc(/C=C(/C#N)C(=O)N2CCCN(C(=O)Nc3cccc(Cl)c3)CC2)c1C. The summed E-state index contributed by atoms with van der Waals surface area (Å²) in [5.74, 6) is -0.296. The molecular formula is C25H30ClN5O2. The maximum absolute atomic E-state index is 13.1. The molecule has 174 valence electrons. The van der Waals surface area contributed by atoms with Gasteiger partial charge in [-0.05, 0) is 62.6 Å². The second kappa shape index (κ2) is 11.1.